The van der Waals surface area contributed by atoms with Crippen LogP contribution in [0, 0.1) is 12.8 Å². The fraction of sp³-hybridized carbons (Fsp3) is 0.364. The number of rotatable bonds is 2. The molecule has 0 saturated carbocycles. The molecule has 0 saturated heterocycles. The number of ketones is 1. The van der Waals surface area contributed by atoms with Gasteiger partial charge in [-0.2, -0.15) is 0 Å². The molecule has 2 rings (SSSR count). The van der Waals surface area contributed by atoms with Crippen molar-refractivity contribution in [3.05, 3.63) is 23.7 Å². The van der Waals surface area contributed by atoms with Gasteiger partial charge in [-0.1, -0.05) is 13.8 Å². The SMILES string of the molecule is Cc1nc2ncc(C(=O)C(C)C)cc2[nH]1. The summed E-state index contributed by atoms with van der Waals surface area (Å²) in [4.78, 5) is 23.1. The summed E-state index contributed by atoms with van der Waals surface area (Å²) >= 11 is 0. The van der Waals surface area contributed by atoms with Crippen LogP contribution in [0.2, 0.25) is 0 Å². The van der Waals surface area contributed by atoms with Gasteiger partial charge in [0.1, 0.15) is 5.82 Å². The van der Waals surface area contributed by atoms with Gasteiger partial charge in [0.2, 0.25) is 0 Å². The van der Waals surface area contributed by atoms with Gasteiger partial charge in [-0.3, -0.25) is 4.79 Å². The Hall–Kier alpha value is -1.71. The minimum absolute atomic E-state index is 0.00623. The summed E-state index contributed by atoms with van der Waals surface area (Å²) in [5.41, 5.74) is 2.12. The number of aromatic nitrogens is 3. The maximum Gasteiger partial charge on any atom is 0.177 e. The predicted octanol–water partition coefficient (Wildman–Crippen LogP) is 2.11. The second kappa shape index (κ2) is 3.46. The minimum atomic E-state index is -0.00623. The number of aromatic amines is 1. The Labute approximate surface area is 87.7 Å². The van der Waals surface area contributed by atoms with Crippen molar-refractivity contribution in [1.82, 2.24) is 15.0 Å². The fourth-order valence-electron chi connectivity index (χ4n) is 1.49. The van der Waals surface area contributed by atoms with Gasteiger partial charge in [0, 0.05) is 17.7 Å². The van der Waals surface area contributed by atoms with Gasteiger partial charge >= 0.3 is 0 Å². The van der Waals surface area contributed by atoms with Crippen LogP contribution in [-0.2, 0) is 0 Å². The van der Waals surface area contributed by atoms with Crippen LogP contribution in [0.3, 0.4) is 0 Å². The molecule has 2 aromatic heterocycles. The molecule has 2 aromatic rings. The maximum atomic E-state index is 11.7. The average molecular weight is 203 g/mol. The van der Waals surface area contributed by atoms with Crippen molar-refractivity contribution in [3.63, 3.8) is 0 Å². The number of Topliss-reactive ketones (excluding diaryl/α,β-unsaturated/α-hetero) is 1. The van der Waals surface area contributed by atoms with E-state index in [0.29, 0.717) is 11.2 Å². The Morgan fingerprint density at radius 3 is 2.87 bits per heavy atom. The molecule has 0 unspecified atom stereocenters. The van der Waals surface area contributed by atoms with E-state index < -0.39 is 0 Å². The quantitative estimate of drug-likeness (QED) is 0.760. The molecule has 0 aliphatic heterocycles. The molecule has 0 fully saturated rings. The summed E-state index contributed by atoms with van der Waals surface area (Å²) in [6, 6.07) is 1.81. The minimum Gasteiger partial charge on any atom is -0.341 e. The summed E-state index contributed by atoms with van der Waals surface area (Å²) in [6.45, 7) is 5.63. The Balaban J connectivity index is 2.51. The van der Waals surface area contributed by atoms with Gasteiger partial charge in [-0.15, -0.1) is 0 Å². The molecule has 0 atom stereocenters. The number of hydrogen-bond acceptors (Lipinski definition) is 3. The highest BCUT2D eigenvalue weighted by Crippen LogP contribution is 2.13. The van der Waals surface area contributed by atoms with Crippen molar-refractivity contribution >= 4 is 16.9 Å². The smallest absolute Gasteiger partial charge is 0.177 e. The van der Waals surface area contributed by atoms with Crippen LogP contribution in [0.1, 0.15) is 30.0 Å². The molecule has 4 nitrogen and oxygen atoms in total. The molecule has 0 aliphatic carbocycles. The maximum absolute atomic E-state index is 11.7. The number of carbonyl (C=O) groups excluding carboxylic acids is 1. The molecular formula is C11H13N3O. The van der Waals surface area contributed by atoms with E-state index in [0.717, 1.165) is 11.3 Å². The van der Waals surface area contributed by atoms with Crippen molar-refractivity contribution in [3.8, 4) is 0 Å². The van der Waals surface area contributed by atoms with E-state index in [9.17, 15) is 4.79 Å². The summed E-state index contributed by atoms with van der Waals surface area (Å²) in [5.74, 6) is 0.913. The average Bonchev–Trinajstić information content (AvgIpc) is 2.55. The number of carbonyl (C=O) groups is 1. The molecule has 2 heterocycles. The zero-order valence-corrected chi connectivity index (χ0v) is 9.03. The second-order valence-electron chi connectivity index (χ2n) is 3.94. The van der Waals surface area contributed by atoms with E-state index in [4.69, 9.17) is 0 Å². The number of H-pyrrole nitrogens is 1. The first kappa shape index (κ1) is 9.83. The van der Waals surface area contributed by atoms with Gasteiger partial charge in [-0.05, 0) is 13.0 Å². The number of aryl methyl sites for hydroxylation is 1. The predicted molar refractivity (Wildman–Crippen MR) is 57.8 cm³/mol. The van der Waals surface area contributed by atoms with Gasteiger partial charge in [0.05, 0.1) is 5.52 Å². The van der Waals surface area contributed by atoms with Crippen LogP contribution in [-0.4, -0.2) is 20.7 Å². The van der Waals surface area contributed by atoms with E-state index in [2.05, 4.69) is 15.0 Å². The zero-order valence-electron chi connectivity index (χ0n) is 9.03. The number of nitrogens with zero attached hydrogens (tertiary/aromatic N) is 2. The summed E-state index contributed by atoms with van der Waals surface area (Å²) < 4.78 is 0. The monoisotopic (exact) mass is 203 g/mol. The second-order valence-corrected chi connectivity index (χ2v) is 3.94. The molecule has 0 aromatic carbocycles. The van der Waals surface area contributed by atoms with Crippen molar-refractivity contribution in [2.24, 2.45) is 5.92 Å². The molecule has 4 heteroatoms. The van der Waals surface area contributed by atoms with E-state index in [1.807, 2.05) is 26.8 Å². The third-order valence-electron chi connectivity index (χ3n) is 2.26. The summed E-state index contributed by atoms with van der Waals surface area (Å²) in [6.07, 6.45) is 1.59. The van der Waals surface area contributed by atoms with Crippen LogP contribution in [0.25, 0.3) is 11.2 Å². The first-order valence-electron chi connectivity index (χ1n) is 4.94. The lowest BCUT2D eigenvalue weighted by Crippen LogP contribution is -2.07. The van der Waals surface area contributed by atoms with E-state index in [1.165, 1.54) is 0 Å². The lowest BCUT2D eigenvalue weighted by molar-refractivity contribution is 0.0939. The lowest BCUT2D eigenvalue weighted by Gasteiger charge is -2.02. The van der Waals surface area contributed by atoms with Crippen LogP contribution in [0.4, 0.5) is 0 Å². The summed E-state index contributed by atoms with van der Waals surface area (Å²) in [5, 5.41) is 0. The van der Waals surface area contributed by atoms with E-state index in [-0.39, 0.29) is 11.7 Å². The molecule has 0 spiro atoms. The van der Waals surface area contributed by atoms with Crippen LogP contribution >= 0.6 is 0 Å². The van der Waals surface area contributed by atoms with Crippen molar-refractivity contribution < 1.29 is 4.79 Å². The number of nitrogens with one attached hydrogen (secondary N) is 1. The topological polar surface area (TPSA) is 58.6 Å². The Morgan fingerprint density at radius 2 is 2.20 bits per heavy atom. The molecular weight excluding hydrogens is 190 g/mol. The van der Waals surface area contributed by atoms with Crippen molar-refractivity contribution in [2.45, 2.75) is 20.8 Å². The van der Waals surface area contributed by atoms with Crippen LogP contribution < -0.4 is 0 Å². The van der Waals surface area contributed by atoms with Gasteiger partial charge in [0.15, 0.2) is 11.4 Å². The molecule has 0 radical (unpaired) electrons. The number of imidazole rings is 1. The van der Waals surface area contributed by atoms with Crippen molar-refractivity contribution in [1.29, 1.82) is 0 Å². The highest BCUT2D eigenvalue weighted by molar-refractivity contribution is 5.99. The number of fused-ring (bicyclic) bond motifs is 1. The highest BCUT2D eigenvalue weighted by Gasteiger charge is 2.12. The molecule has 1 N–H and O–H groups in total. The number of hydrogen-bond donors (Lipinski definition) is 1. The third-order valence-corrected chi connectivity index (χ3v) is 2.26. The van der Waals surface area contributed by atoms with Crippen LogP contribution in [0.5, 0.6) is 0 Å². The third kappa shape index (κ3) is 1.75. The molecule has 0 bridgehead atoms. The Morgan fingerprint density at radius 1 is 1.47 bits per heavy atom. The standard InChI is InChI=1S/C11H13N3O/c1-6(2)10(15)8-4-9-11(12-5-8)14-7(3)13-9/h4-6H,1-3H3,(H,12,13,14). The molecule has 0 aliphatic rings. The fourth-order valence-corrected chi connectivity index (χ4v) is 1.49. The Kier molecular flexibility index (Phi) is 2.26. The van der Waals surface area contributed by atoms with Gasteiger partial charge in [0.25, 0.3) is 0 Å². The lowest BCUT2D eigenvalue weighted by atomic mass is 10.0. The zero-order chi connectivity index (χ0) is 11.0. The van der Waals surface area contributed by atoms with Gasteiger partial charge < -0.3 is 4.98 Å². The first-order chi connectivity index (χ1) is 7.08. The molecule has 78 valence electrons. The van der Waals surface area contributed by atoms with E-state index >= 15 is 0 Å². The van der Waals surface area contributed by atoms with Crippen LogP contribution in [0.15, 0.2) is 12.3 Å². The molecule has 0 amide bonds. The van der Waals surface area contributed by atoms with E-state index in [1.54, 1.807) is 6.20 Å². The number of pyridine rings is 1. The highest BCUT2D eigenvalue weighted by atomic mass is 16.1. The van der Waals surface area contributed by atoms with Gasteiger partial charge in [-0.25, -0.2) is 9.97 Å². The molecule has 15 heavy (non-hydrogen) atoms. The Bertz CT molecular complexity index is 514. The summed E-state index contributed by atoms with van der Waals surface area (Å²) in [7, 11) is 0. The normalized spacial score (nSPS) is 11.2. The van der Waals surface area contributed by atoms with Crippen molar-refractivity contribution in [2.75, 3.05) is 0 Å². The largest absolute Gasteiger partial charge is 0.341 e. The first-order valence-corrected chi connectivity index (χ1v) is 4.94.